The van der Waals surface area contributed by atoms with Crippen LogP contribution in [0.3, 0.4) is 0 Å². The first-order valence-electron chi connectivity index (χ1n) is 8.70. The van der Waals surface area contributed by atoms with Gasteiger partial charge in [-0.1, -0.05) is 11.6 Å². The fraction of sp³-hybridized carbons (Fsp3) is 0.316. The van der Waals surface area contributed by atoms with Crippen LogP contribution < -0.4 is 15.8 Å². The molecular formula is C19H18ClFN4O3. The van der Waals surface area contributed by atoms with Crippen molar-refractivity contribution in [1.29, 1.82) is 0 Å². The van der Waals surface area contributed by atoms with Crippen molar-refractivity contribution in [3.63, 3.8) is 0 Å². The Hall–Kier alpha value is -2.87. The summed E-state index contributed by atoms with van der Waals surface area (Å²) in [4.78, 5) is 20.5. The zero-order chi connectivity index (χ0) is 19.9. The lowest BCUT2D eigenvalue weighted by Gasteiger charge is -2.38. The average molecular weight is 405 g/mol. The Morgan fingerprint density at radius 2 is 2.14 bits per heavy atom. The van der Waals surface area contributed by atoms with Crippen LogP contribution in [0.4, 0.5) is 14.9 Å². The van der Waals surface area contributed by atoms with E-state index in [1.54, 1.807) is 12.1 Å². The minimum atomic E-state index is -0.876. The first-order valence-corrected chi connectivity index (χ1v) is 9.08. The number of pyridine rings is 1. The minimum Gasteiger partial charge on any atom is -0.465 e. The maximum absolute atomic E-state index is 14.7. The largest absolute Gasteiger partial charge is 0.465 e. The van der Waals surface area contributed by atoms with Gasteiger partial charge in [0.2, 0.25) is 5.88 Å². The van der Waals surface area contributed by atoms with Crippen LogP contribution in [0.1, 0.15) is 25.3 Å². The summed E-state index contributed by atoms with van der Waals surface area (Å²) < 4.78 is 25.2. The van der Waals surface area contributed by atoms with Crippen molar-refractivity contribution in [2.24, 2.45) is 16.1 Å². The molecule has 4 rings (SSSR count). The van der Waals surface area contributed by atoms with Crippen LogP contribution in [0, 0.1) is 11.2 Å². The second kappa shape index (κ2) is 6.63. The zero-order valence-corrected chi connectivity index (χ0v) is 15.8. The number of anilines is 1. The van der Waals surface area contributed by atoms with Gasteiger partial charge in [0.25, 0.3) is 6.02 Å². The topological polar surface area (TPSA) is 98.8 Å². The Labute approximate surface area is 165 Å². The van der Waals surface area contributed by atoms with E-state index in [-0.39, 0.29) is 17.3 Å². The molecule has 1 aliphatic heterocycles. The molecule has 2 heterocycles. The molecule has 1 atom stereocenters. The number of hydrogen-bond acceptors (Lipinski definition) is 6. The molecule has 0 radical (unpaired) electrons. The van der Waals surface area contributed by atoms with Crippen molar-refractivity contribution < 1.29 is 18.7 Å². The molecule has 3 N–H and O–H groups in total. The summed E-state index contributed by atoms with van der Waals surface area (Å²) in [5, 5.41) is 3.00. The predicted octanol–water partition coefficient (Wildman–Crippen LogP) is 3.83. The predicted molar refractivity (Wildman–Crippen MR) is 102 cm³/mol. The van der Waals surface area contributed by atoms with Crippen LogP contribution >= 0.6 is 11.6 Å². The van der Waals surface area contributed by atoms with Gasteiger partial charge in [-0.15, -0.1) is 0 Å². The van der Waals surface area contributed by atoms with Gasteiger partial charge in [-0.05, 0) is 44.0 Å². The molecule has 0 unspecified atom stereocenters. The molecule has 2 aliphatic rings. The van der Waals surface area contributed by atoms with Gasteiger partial charge in [-0.2, -0.15) is 0 Å². The summed E-state index contributed by atoms with van der Waals surface area (Å²) in [5.74, 6) is -0.333. The highest BCUT2D eigenvalue weighted by molar-refractivity contribution is 6.30. The van der Waals surface area contributed by atoms with E-state index in [1.807, 2.05) is 6.92 Å². The van der Waals surface area contributed by atoms with Gasteiger partial charge in [0.05, 0.1) is 11.6 Å². The summed E-state index contributed by atoms with van der Waals surface area (Å²) >= 11 is 5.75. The van der Waals surface area contributed by atoms with Crippen molar-refractivity contribution >= 4 is 29.4 Å². The van der Waals surface area contributed by atoms with Crippen molar-refractivity contribution in [2.75, 3.05) is 11.9 Å². The fourth-order valence-electron chi connectivity index (χ4n) is 3.49. The third-order valence-electron chi connectivity index (χ3n) is 5.35. The lowest BCUT2D eigenvalue weighted by atomic mass is 9.76. The number of nitrogens with one attached hydrogen (secondary N) is 1. The van der Waals surface area contributed by atoms with E-state index in [0.717, 1.165) is 12.8 Å². The van der Waals surface area contributed by atoms with Crippen molar-refractivity contribution in [3.05, 3.63) is 52.9 Å². The highest BCUT2D eigenvalue weighted by Gasteiger charge is 2.61. The summed E-state index contributed by atoms with van der Waals surface area (Å²) in [5.41, 5.74) is 5.31. The number of hydrogen-bond donors (Lipinski definition) is 2. The number of nitrogens with zero attached hydrogens (tertiary/aromatic N) is 2. The first-order chi connectivity index (χ1) is 13.3. The molecule has 0 bridgehead atoms. The quantitative estimate of drug-likeness (QED) is 0.810. The highest BCUT2D eigenvalue weighted by Crippen LogP contribution is 2.62. The molecule has 146 valence electrons. The lowest BCUT2D eigenvalue weighted by molar-refractivity contribution is 0.114. The molecule has 1 aliphatic carbocycles. The number of benzene rings is 1. The Balaban J connectivity index is 1.58. The van der Waals surface area contributed by atoms with Gasteiger partial charge in [0, 0.05) is 28.9 Å². The molecule has 1 fully saturated rings. The van der Waals surface area contributed by atoms with Crippen molar-refractivity contribution in [3.8, 4) is 5.88 Å². The Bertz CT molecular complexity index is 962. The number of carbonyl (C=O) groups is 1. The number of aromatic nitrogens is 1. The van der Waals surface area contributed by atoms with E-state index in [0.29, 0.717) is 22.9 Å². The van der Waals surface area contributed by atoms with E-state index >= 15 is 0 Å². The Kier molecular flexibility index (Phi) is 4.38. The molecule has 2 aromatic rings. The van der Waals surface area contributed by atoms with Gasteiger partial charge in [-0.25, -0.2) is 19.2 Å². The fourth-order valence-corrected chi connectivity index (χ4v) is 3.60. The summed E-state index contributed by atoms with van der Waals surface area (Å²) in [6.45, 7) is 2.23. The smallest absolute Gasteiger partial charge is 0.418 e. The summed E-state index contributed by atoms with van der Waals surface area (Å²) in [6, 6.07) is 7.34. The van der Waals surface area contributed by atoms with Gasteiger partial charge < -0.3 is 15.2 Å². The summed E-state index contributed by atoms with van der Waals surface area (Å²) in [6.07, 6.45) is 2.33. The van der Waals surface area contributed by atoms with Gasteiger partial charge in [0.15, 0.2) is 0 Å². The molecule has 1 spiro atoms. The standard InChI is InChI=1S/C19H18ClFN4O3/c1-18(19(6-7-19)10-27-16(22)25-18)13-8-12(3-4-14(13)21)24-17(26)28-15-5-2-11(20)9-23-15/h2-5,8-9H,6-7,10H2,1H3,(H2,22,25)(H,24,26)/t18-/m1/s1. The number of aliphatic imine (C=N–C) groups is 1. The Morgan fingerprint density at radius 3 is 2.82 bits per heavy atom. The highest BCUT2D eigenvalue weighted by atomic mass is 35.5. The van der Waals surface area contributed by atoms with E-state index in [2.05, 4.69) is 15.3 Å². The van der Waals surface area contributed by atoms with E-state index < -0.39 is 17.4 Å². The number of amides is 1. The van der Waals surface area contributed by atoms with Crippen LogP contribution in [0.5, 0.6) is 5.88 Å². The number of nitrogens with two attached hydrogens (primary N) is 1. The van der Waals surface area contributed by atoms with Crippen LogP contribution in [0.25, 0.3) is 0 Å². The maximum atomic E-state index is 14.7. The molecule has 1 amide bonds. The van der Waals surface area contributed by atoms with E-state index in [4.69, 9.17) is 26.8 Å². The number of ether oxygens (including phenoxy) is 2. The number of halogens is 2. The van der Waals surface area contributed by atoms with Gasteiger partial charge in [0.1, 0.15) is 11.4 Å². The average Bonchev–Trinajstić information content (AvgIpc) is 3.44. The molecule has 0 saturated heterocycles. The normalized spacial score (nSPS) is 22.2. The Morgan fingerprint density at radius 1 is 1.36 bits per heavy atom. The van der Waals surface area contributed by atoms with Crippen LogP contribution in [-0.4, -0.2) is 23.7 Å². The monoisotopic (exact) mass is 404 g/mol. The van der Waals surface area contributed by atoms with Crippen LogP contribution in [-0.2, 0) is 10.3 Å². The van der Waals surface area contributed by atoms with Gasteiger partial charge in [-0.3, -0.25) is 5.32 Å². The molecular weight excluding hydrogens is 387 g/mol. The number of carbonyl (C=O) groups excluding carboxylic acids is 1. The van der Waals surface area contributed by atoms with E-state index in [9.17, 15) is 9.18 Å². The number of rotatable bonds is 3. The summed E-state index contributed by atoms with van der Waals surface area (Å²) in [7, 11) is 0. The molecule has 7 nitrogen and oxygen atoms in total. The van der Waals surface area contributed by atoms with Gasteiger partial charge >= 0.3 is 6.09 Å². The second-order valence-electron chi connectivity index (χ2n) is 7.12. The van der Waals surface area contributed by atoms with Crippen molar-refractivity contribution in [1.82, 2.24) is 4.98 Å². The molecule has 28 heavy (non-hydrogen) atoms. The van der Waals surface area contributed by atoms with E-state index in [1.165, 1.54) is 24.4 Å². The zero-order valence-electron chi connectivity index (χ0n) is 15.0. The second-order valence-corrected chi connectivity index (χ2v) is 7.55. The SMILES string of the molecule is C[C@]1(c2cc(NC(=O)Oc3ccc(Cl)cn3)ccc2F)N=C(N)OCC12CC2. The van der Waals surface area contributed by atoms with Crippen LogP contribution in [0.2, 0.25) is 5.02 Å². The van der Waals surface area contributed by atoms with Crippen molar-refractivity contribution in [2.45, 2.75) is 25.3 Å². The molecule has 9 heteroatoms. The third-order valence-corrected chi connectivity index (χ3v) is 5.57. The molecule has 1 aromatic carbocycles. The minimum absolute atomic E-state index is 0.0333. The third kappa shape index (κ3) is 3.24. The first kappa shape index (κ1) is 18.5. The van der Waals surface area contributed by atoms with Crippen LogP contribution in [0.15, 0.2) is 41.5 Å². The molecule has 1 aromatic heterocycles. The lowest BCUT2D eigenvalue weighted by Crippen LogP contribution is -2.43. The molecule has 1 saturated carbocycles. The maximum Gasteiger partial charge on any atom is 0.418 e. The number of amidine groups is 1.